The van der Waals surface area contributed by atoms with Crippen LogP contribution in [-0.2, 0) is 28.6 Å². The van der Waals surface area contributed by atoms with E-state index in [-0.39, 0.29) is 23.6 Å². The Kier molecular flexibility index (Phi) is 2.40. The molecule has 0 unspecified atom stereocenters. The lowest BCUT2D eigenvalue weighted by Crippen LogP contribution is -2.26. The van der Waals surface area contributed by atoms with Crippen LogP contribution >= 0.6 is 0 Å². The third-order valence-electron chi connectivity index (χ3n) is 2.56. The molecule has 0 radical (unpaired) electrons. The molecule has 2 rings (SSSR count). The summed E-state index contributed by atoms with van der Waals surface area (Å²) in [4.78, 5) is 14.0. The molecule has 0 spiro atoms. The number of pyridine rings is 1. The number of hydrogen-bond acceptors (Lipinski definition) is 4. The van der Waals surface area contributed by atoms with Gasteiger partial charge in [0.05, 0.1) is 11.5 Å². The smallest absolute Gasteiger partial charge is 0.252 e. The third-order valence-corrected chi connectivity index (χ3v) is 4.11. The van der Waals surface area contributed by atoms with Crippen LogP contribution in [0.5, 0.6) is 0 Å². The van der Waals surface area contributed by atoms with Crippen molar-refractivity contribution in [3.05, 3.63) is 33.2 Å². The average molecular weight is 228 g/mol. The Bertz CT molecular complexity index is 545. The Balaban J connectivity index is 2.55. The summed E-state index contributed by atoms with van der Waals surface area (Å²) >= 11 is 0. The van der Waals surface area contributed by atoms with Gasteiger partial charge < -0.3 is 10.7 Å². The van der Waals surface area contributed by atoms with E-state index in [0.717, 1.165) is 5.56 Å². The van der Waals surface area contributed by atoms with Gasteiger partial charge in [0.1, 0.15) is 0 Å². The fourth-order valence-electron chi connectivity index (χ4n) is 1.72. The normalized spacial score (nSPS) is 18.5. The molecule has 1 aliphatic heterocycles. The molecule has 0 fully saturated rings. The summed E-state index contributed by atoms with van der Waals surface area (Å²) in [6.45, 7) is 0.176. The van der Waals surface area contributed by atoms with Crippen molar-refractivity contribution >= 4 is 9.84 Å². The van der Waals surface area contributed by atoms with Crippen LogP contribution in [0.1, 0.15) is 16.8 Å². The molecular formula is C9H12N2O3S. The van der Waals surface area contributed by atoms with Crippen molar-refractivity contribution in [2.75, 3.05) is 5.75 Å². The topological polar surface area (TPSA) is 93.0 Å². The van der Waals surface area contributed by atoms with Gasteiger partial charge in [-0.2, -0.15) is 0 Å². The van der Waals surface area contributed by atoms with Crippen molar-refractivity contribution in [1.29, 1.82) is 0 Å². The zero-order chi connectivity index (χ0) is 11.1. The highest BCUT2D eigenvalue weighted by Crippen LogP contribution is 2.17. The third kappa shape index (κ3) is 1.95. The summed E-state index contributed by atoms with van der Waals surface area (Å²) in [5.41, 5.74) is 7.03. The van der Waals surface area contributed by atoms with Crippen molar-refractivity contribution in [2.24, 2.45) is 5.73 Å². The Morgan fingerprint density at radius 3 is 2.87 bits per heavy atom. The van der Waals surface area contributed by atoms with Crippen LogP contribution in [0.2, 0.25) is 0 Å². The van der Waals surface area contributed by atoms with Gasteiger partial charge in [0, 0.05) is 17.8 Å². The Morgan fingerprint density at radius 2 is 2.20 bits per heavy atom. The fraction of sp³-hybridized carbons (Fsp3) is 0.444. The van der Waals surface area contributed by atoms with Gasteiger partial charge in [-0.3, -0.25) is 4.79 Å². The molecule has 0 saturated heterocycles. The maximum absolute atomic E-state index is 11.4. The van der Waals surface area contributed by atoms with Crippen LogP contribution in [0.25, 0.3) is 0 Å². The van der Waals surface area contributed by atoms with E-state index in [9.17, 15) is 13.2 Å². The number of H-pyrrole nitrogens is 1. The first-order valence-electron chi connectivity index (χ1n) is 4.66. The number of rotatable bonds is 1. The van der Waals surface area contributed by atoms with Gasteiger partial charge in [0.15, 0.2) is 9.84 Å². The predicted molar refractivity (Wildman–Crippen MR) is 56.1 cm³/mol. The summed E-state index contributed by atoms with van der Waals surface area (Å²) < 4.78 is 22.7. The van der Waals surface area contributed by atoms with E-state index < -0.39 is 9.84 Å². The van der Waals surface area contributed by atoms with E-state index in [0.29, 0.717) is 17.7 Å². The van der Waals surface area contributed by atoms with Crippen LogP contribution in [-0.4, -0.2) is 19.2 Å². The van der Waals surface area contributed by atoms with E-state index in [1.165, 1.54) is 0 Å². The fourth-order valence-corrected chi connectivity index (χ4v) is 3.09. The Morgan fingerprint density at radius 1 is 1.47 bits per heavy atom. The lowest BCUT2D eigenvalue weighted by Gasteiger charge is -2.16. The zero-order valence-electron chi connectivity index (χ0n) is 8.12. The van der Waals surface area contributed by atoms with Crippen LogP contribution < -0.4 is 11.3 Å². The van der Waals surface area contributed by atoms with Gasteiger partial charge in [-0.15, -0.1) is 0 Å². The molecule has 2 heterocycles. The molecule has 0 amide bonds. The first-order valence-corrected chi connectivity index (χ1v) is 6.48. The molecule has 0 saturated carbocycles. The standard InChI is InChI=1S/C9H12N2O3S/c10-4-7-3-6-1-2-15(13,14)5-8(6)11-9(7)12/h3H,1-2,4-5,10H2,(H,11,12). The molecule has 1 aromatic rings. The van der Waals surface area contributed by atoms with Crippen LogP contribution in [0, 0.1) is 0 Å². The van der Waals surface area contributed by atoms with Crippen LogP contribution in [0.15, 0.2) is 10.9 Å². The molecule has 5 nitrogen and oxygen atoms in total. The molecule has 0 atom stereocenters. The van der Waals surface area contributed by atoms with E-state index in [4.69, 9.17) is 5.73 Å². The molecule has 82 valence electrons. The number of aromatic amines is 1. The van der Waals surface area contributed by atoms with Crippen molar-refractivity contribution in [1.82, 2.24) is 4.98 Å². The minimum Gasteiger partial charge on any atom is -0.326 e. The first kappa shape index (κ1) is 10.4. The van der Waals surface area contributed by atoms with Gasteiger partial charge >= 0.3 is 0 Å². The van der Waals surface area contributed by atoms with Gasteiger partial charge in [-0.25, -0.2) is 8.42 Å². The summed E-state index contributed by atoms with van der Waals surface area (Å²) in [5.74, 6) is 0.0818. The molecule has 0 aromatic carbocycles. The van der Waals surface area contributed by atoms with Crippen molar-refractivity contribution in [3.8, 4) is 0 Å². The van der Waals surface area contributed by atoms with Gasteiger partial charge in [0.25, 0.3) is 5.56 Å². The Labute approximate surface area is 87.2 Å². The largest absolute Gasteiger partial charge is 0.326 e. The summed E-state index contributed by atoms with van der Waals surface area (Å²) in [5, 5.41) is 0. The van der Waals surface area contributed by atoms with E-state index in [2.05, 4.69) is 4.98 Å². The highest BCUT2D eigenvalue weighted by atomic mass is 32.2. The number of fused-ring (bicyclic) bond motifs is 1. The molecule has 0 aliphatic carbocycles. The highest BCUT2D eigenvalue weighted by Gasteiger charge is 2.22. The van der Waals surface area contributed by atoms with Gasteiger partial charge in [0.2, 0.25) is 0 Å². The van der Waals surface area contributed by atoms with E-state index in [1.807, 2.05) is 0 Å². The number of aromatic nitrogens is 1. The second-order valence-corrected chi connectivity index (χ2v) is 5.86. The quantitative estimate of drug-likeness (QED) is 0.665. The highest BCUT2D eigenvalue weighted by molar-refractivity contribution is 7.90. The van der Waals surface area contributed by atoms with E-state index >= 15 is 0 Å². The van der Waals surface area contributed by atoms with Crippen molar-refractivity contribution in [2.45, 2.75) is 18.7 Å². The lowest BCUT2D eigenvalue weighted by atomic mass is 10.1. The summed E-state index contributed by atoms with van der Waals surface area (Å²) in [6.07, 6.45) is 0.460. The van der Waals surface area contributed by atoms with Gasteiger partial charge in [-0.05, 0) is 18.1 Å². The molecule has 6 heteroatoms. The lowest BCUT2D eigenvalue weighted by molar-refractivity contribution is 0.590. The number of nitrogens with two attached hydrogens (primary N) is 1. The summed E-state index contributed by atoms with van der Waals surface area (Å²) in [6, 6.07) is 1.71. The maximum Gasteiger partial charge on any atom is 0.252 e. The number of nitrogens with one attached hydrogen (secondary N) is 1. The van der Waals surface area contributed by atoms with E-state index in [1.54, 1.807) is 6.07 Å². The molecular weight excluding hydrogens is 216 g/mol. The van der Waals surface area contributed by atoms with Crippen molar-refractivity contribution in [3.63, 3.8) is 0 Å². The predicted octanol–water partition coefficient (Wildman–Crippen LogP) is -0.696. The van der Waals surface area contributed by atoms with Gasteiger partial charge in [-0.1, -0.05) is 0 Å². The number of sulfone groups is 1. The summed E-state index contributed by atoms with van der Waals surface area (Å²) in [7, 11) is -3.03. The van der Waals surface area contributed by atoms with Crippen molar-refractivity contribution < 1.29 is 8.42 Å². The molecule has 0 bridgehead atoms. The molecule has 3 N–H and O–H groups in total. The first-order chi connectivity index (χ1) is 7.02. The Hall–Kier alpha value is -1.14. The molecule has 1 aromatic heterocycles. The monoisotopic (exact) mass is 228 g/mol. The second-order valence-electron chi connectivity index (χ2n) is 3.67. The molecule has 1 aliphatic rings. The second kappa shape index (κ2) is 3.46. The minimum absolute atomic E-state index is 0.0670. The van der Waals surface area contributed by atoms with Crippen LogP contribution in [0.3, 0.4) is 0 Å². The minimum atomic E-state index is -3.03. The average Bonchev–Trinajstić information content (AvgIpc) is 2.15. The molecule has 15 heavy (non-hydrogen) atoms. The number of hydrogen-bond donors (Lipinski definition) is 2. The zero-order valence-corrected chi connectivity index (χ0v) is 8.93. The van der Waals surface area contributed by atoms with Crippen LogP contribution in [0.4, 0.5) is 0 Å². The number of aryl methyl sites for hydroxylation is 1. The SMILES string of the molecule is NCc1cc2c([nH]c1=O)CS(=O)(=O)CC2. The maximum atomic E-state index is 11.4.